The number of hydrogen-bond acceptors (Lipinski definition) is 4. The summed E-state index contributed by atoms with van der Waals surface area (Å²) in [7, 11) is 0. The molecule has 4 heteroatoms. The van der Waals surface area contributed by atoms with Crippen LogP contribution in [0.3, 0.4) is 0 Å². The van der Waals surface area contributed by atoms with Gasteiger partial charge in [-0.05, 0) is 112 Å². The van der Waals surface area contributed by atoms with Gasteiger partial charge in [-0.15, -0.1) is 22.7 Å². The Morgan fingerprint density at radius 3 is 1.62 bits per heavy atom. The number of furan rings is 1. The fourth-order valence-electron chi connectivity index (χ4n) is 8.65. The summed E-state index contributed by atoms with van der Waals surface area (Å²) in [6.07, 6.45) is 0. The number of para-hydroxylation sites is 1. The molecule has 0 aliphatic rings. The Hall–Kier alpha value is -6.98. The largest absolute Gasteiger partial charge is 0.456 e. The normalized spacial score (nSPS) is 11.8. The first-order chi connectivity index (χ1) is 28.7. The number of benzene rings is 9. The van der Waals surface area contributed by atoms with Crippen molar-refractivity contribution in [3.8, 4) is 33.4 Å². The molecule has 0 saturated heterocycles. The first kappa shape index (κ1) is 33.2. The van der Waals surface area contributed by atoms with Gasteiger partial charge in [0.25, 0.3) is 0 Å². The standard InChI is InChI=1S/C54H33NOS2/c1-4-16-49-43(11-1)47-32-36(23-29-50(47)56-49)34-19-25-39(26-20-34)55(40-27-21-35(22-28-40)37-24-30-53-48(33-37)45-13-3-5-17-51(45)57-53)41-10-7-9-38(31-41)42-14-8-15-46-44-12-2-6-18-52(44)58-54(42)46/h1-33H. The molecule has 12 aromatic rings. The van der Waals surface area contributed by atoms with Crippen molar-refractivity contribution in [2.45, 2.75) is 0 Å². The summed E-state index contributed by atoms with van der Waals surface area (Å²) in [5.74, 6) is 0. The zero-order valence-corrected chi connectivity index (χ0v) is 32.9. The molecule has 0 N–H and O–H groups in total. The summed E-state index contributed by atoms with van der Waals surface area (Å²) in [5.41, 5.74) is 12.3. The van der Waals surface area contributed by atoms with Crippen molar-refractivity contribution in [3.05, 3.63) is 200 Å². The van der Waals surface area contributed by atoms with E-state index in [2.05, 4.69) is 193 Å². The van der Waals surface area contributed by atoms with Gasteiger partial charge >= 0.3 is 0 Å². The van der Waals surface area contributed by atoms with Crippen molar-refractivity contribution >= 4 is 102 Å². The molecule has 272 valence electrons. The first-order valence-electron chi connectivity index (χ1n) is 19.6. The SMILES string of the molecule is c1cc(-c2cccc3c2sc2ccccc23)cc(N(c2ccc(-c3ccc4oc5ccccc5c4c3)cc2)c2ccc(-c3ccc4sc5ccccc5c4c3)cc2)c1. The molecule has 0 unspecified atom stereocenters. The molecule has 0 bridgehead atoms. The first-order valence-corrected chi connectivity index (χ1v) is 21.2. The maximum atomic E-state index is 6.14. The van der Waals surface area contributed by atoms with Crippen molar-refractivity contribution in [2.75, 3.05) is 4.90 Å². The lowest BCUT2D eigenvalue weighted by Gasteiger charge is -2.26. The Balaban J connectivity index is 0.962. The molecule has 0 spiro atoms. The van der Waals surface area contributed by atoms with Gasteiger partial charge in [0.1, 0.15) is 11.2 Å². The lowest BCUT2D eigenvalue weighted by Crippen LogP contribution is -2.10. The molecule has 0 amide bonds. The highest BCUT2D eigenvalue weighted by molar-refractivity contribution is 7.26. The van der Waals surface area contributed by atoms with Gasteiger partial charge in [-0.1, -0.05) is 121 Å². The molecule has 58 heavy (non-hydrogen) atoms. The van der Waals surface area contributed by atoms with Crippen LogP contribution in [0.4, 0.5) is 17.1 Å². The molecule has 3 aromatic heterocycles. The molecule has 3 heterocycles. The van der Waals surface area contributed by atoms with Gasteiger partial charge in [0.15, 0.2) is 0 Å². The number of hydrogen-bond donors (Lipinski definition) is 0. The van der Waals surface area contributed by atoms with Gasteiger partial charge in [0.05, 0.1) is 0 Å². The lowest BCUT2D eigenvalue weighted by atomic mass is 10.00. The third kappa shape index (κ3) is 5.45. The summed E-state index contributed by atoms with van der Waals surface area (Å²) in [5, 5.41) is 7.53. The van der Waals surface area contributed by atoms with Crippen LogP contribution in [0.1, 0.15) is 0 Å². The molecular formula is C54H33NOS2. The average Bonchev–Trinajstić information content (AvgIpc) is 3.98. The van der Waals surface area contributed by atoms with Crippen LogP contribution in [0.15, 0.2) is 205 Å². The highest BCUT2D eigenvalue weighted by Crippen LogP contribution is 2.43. The van der Waals surface area contributed by atoms with E-state index >= 15 is 0 Å². The zero-order valence-electron chi connectivity index (χ0n) is 31.2. The van der Waals surface area contributed by atoms with E-state index in [0.717, 1.165) is 50.1 Å². The van der Waals surface area contributed by atoms with Gasteiger partial charge in [-0.25, -0.2) is 0 Å². The summed E-state index contributed by atoms with van der Waals surface area (Å²) >= 11 is 3.73. The number of anilines is 3. The summed E-state index contributed by atoms with van der Waals surface area (Å²) in [4.78, 5) is 2.38. The lowest BCUT2D eigenvalue weighted by molar-refractivity contribution is 0.669. The number of rotatable bonds is 6. The molecule has 0 aliphatic carbocycles. The second-order valence-corrected chi connectivity index (χ2v) is 17.0. The van der Waals surface area contributed by atoms with Gasteiger partial charge in [-0.2, -0.15) is 0 Å². The number of nitrogens with zero attached hydrogens (tertiary/aromatic N) is 1. The summed E-state index contributed by atoms with van der Waals surface area (Å²) in [6, 6.07) is 72.8. The van der Waals surface area contributed by atoms with Crippen LogP contribution >= 0.6 is 22.7 Å². The summed E-state index contributed by atoms with van der Waals surface area (Å²) < 4.78 is 11.4. The predicted octanol–water partition coefficient (Wildman–Crippen LogP) is 16.8. The van der Waals surface area contributed by atoms with E-state index in [1.807, 2.05) is 34.8 Å². The minimum Gasteiger partial charge on any atom is -0.456 e. The van der Waals surface area contributed by atoms with Crippen LogP contribution in [-0.4, -0.2) is 0 Å². The average molecular weight is 776 g/mol. The van der Waals surface area contributed by atoms with E-state index < -0.39 is 0 Å². The number of thiophene rings is 2. The molecule has 12 rings (SSSR count). The van der Waals surface area contributed by atoms with Crippen LogP contribution in [-0.2, 0) is 0 Å². The maximum Gasteiger partial charge on any atom is 0.135 e. The Morgan fingerprint density at radius 1 is 0.310 bits per heavy atom. The van der Waals surface area contributed by atoms with E-state index in [1.54, 1.807) is 0 Å². The minimum absolute atomic E-state index is 0.908. The van der Waals surface area contributed by atoms with Crippen LogP contribution in [0.2, 0.25) is 0 Å². The van der Waals surface area contributed by atoms with E-state index in [4.69, 9.17) is 4.42 Å². The number of fused-ring (bicyclic) bond motifs is 9. The second-order valence-electron chi connectivity index (χ2n) is 14.9. The minimum atomic E-state index is 0.908. The molecule has 9 aromatic carbocycles. The monoisotopic (exact) mass is 775 g/mol. The molecular weight excluding hydrogens is 743 g/mol. The van der Waals surface area contributed by atoms with E-state index in [0.29, 0.717) is 0 Å². The molecule has 0 atom stereocenters. The topological polar surface area (TPSA) is 16.4 Å². The maximum absolute atomic E-state index is 6.14. The highest BCUT2D eigenvalue weighted by Gasteiger charge is 2.17. The quantitative estimate of drug-likeness (QED) is 0.167. The van der Waals surface area contributed by atoms with Crippen molar-refractivity contribution in [2.24, 2.45) is 0 Å². The Labute approximate surface area is 343 Å². The van der Waals surface area contributed by atoms with Gasteiger partial charge in [0.2, 0.25) is 0 Å². The van der Waals surface area contributed by atoms with Crippen molar-refractivity contribution < 1.29 is 4.42 Å². The molecule has 2 nitrogen and oxygen atoms in total. The van der Waals surface area contributed by atoms with Crippen molar-refractivity contribution in [1.82, 2.24) is 0 Å². The van der Waals surface area contributed by atoms with Gasteiger partial charge < -0.3 is 9.32 Å². The predicted molar refractivity (Wildman–Crippen MR) is 250 cm³/mol. The van der Waals surface area contributed by atoms with Crippen molar-refractivity contribution in [3.63, 3.8) is 0 Å². The fraction of sp³-hybridized carbons (Fsp3) is 0. The smallest absolute Gasteiger partial charge is 0.135 e. The molecule has 0 saturated carbocycles. The summed E-state index contributed by atoms with van der Waals surface area (Å²) in [6.45, 7) is 0. The van der Waals surface area contributed by atoms with E-state index in [9.17, 15) is 0 Å². The second kappa shape index (κ2) is 13.3. The van der Waals surface area contributed by atoms with E-state index in [1.165, 1.54) is 62.6 Å². The molecule has 0 radical (unpaired) electrons. The van der Waals surface area contributed by atoms with Gasteiger partial charge in [-0.3, -0.25) is 0 Å². The van der Waals surface area contributed by atoms with Gasteiger partial charge in [0, 0.05) is 68.2 Å². The van der Waals surface area contributed by atoms with Crippen LogP contribution in [0, 0.1) is 0 Å². The van der Waals surface area contributed by atoms with Crippen molar-refractivity contribution in [1.29, 1.82) is 0 Å². The van der Waals surface area contributed by atoms with Crippen LogP contribution in [0.5, 0.6) is 0 Å². The molecule has 0 fully saturated rings. The Kier molecular flexibility index (Phi) is 7.62. The van der Waals surface area contributed by atoms with E-state index in [-0.39, 0.29) is 0 Å². The third-order valence-corrected chi connectivity index (χ3v) is 13.9. The third-order valence-electron chi connectivity index (χ3n) is 11.5. The zero-order chi connectivity index (χ0) is 38.2. The fourth-order valence-corrected chi connectivity index (χ4v) is 11.0. The highest BCUT2D eigenvalue weighted by atomic mass is 32.1. The van der Waals surface area contributed by atoms with Crippen LogP contribution in [0.25, 0.3) is 95.7 Å². The molecule has 0 aliphatic heterocycles. The Morgan fingerprint density at radius 2 is 0.862 bits per heavy atom. The Bertz CT molecular complexity index is 3360. The van der Waals surface area contributed by atoms with Crippen LogP contribution < -0.4 is 4.90 Å².